The smallest absolute Gasteiger partial charge is 0.411 e. The summed E-state index contributed by atoms with van der Waals surface area (Å²) < 4.78 is 93.9. The summed E-state index contributed by atoms with van der Waals surface area (Å²) in [7, 11) is -6.31. The van der Waals surface area contributed by atoms with E-state index in [1.165, 1.54) is 41.3 Å². The Hall–Kier alpha value is -4.23. The van der Waals surface area contributed by atoms with Crippen LogP contribution in [0.15, 0.2) is 69.1 Å². The first-order chi connectivity index (χ1) is 29.4. The molecule has 2 saturated heterocycles. The van der Waals surface area contributed by atoms with Crippen LogP contribution >= 0.6 is 31.9 Å². The minimum Gasteiger partial charge on any atom is -0.411 e. The molecule has 24 heteroatoms. The molecular formula is C38H41Br2F2N9O9S2. The number of fused-ring (bicyclic) bond motifs is 2. The first kappa shape index (κ1) is 44.4. The topological polar surface area (TPSA) is 233 Å². The summed E-state index contributed by atoms with van der Waals surface area (Å²) in [6.07, 6.45) is 7.51. The van der Waals surface area contributed by atoms with E-state index < -0.39 is 31.6 Å². The third-order valence-electron chi connectivity index (χ3n) is 12.4. The molecule has 0 amide bonds. The molecule has 3 aromatic heterocycles. The summed E-state index contributed by atoms with van der Waals surface area (Å²) in [5.41, 5.74) is 3.24. The van der Waals surface area contributed by atoms with Gasteiger partial charge in [0.05, 0.1) is 27.1 Å². The molecule has 4 fully saturated rings. The predicted octanol–water partition coefficient (Wildman–Crippen LogP) is 5.09. The highest BCUT2D eigenvalue weighted by molar-refractivity contribution is 9.10. The highest BCUT2D eigenvalue weighted by Crippen LogP contribution is 2.45. The number of hydrogen-bond donors (Lipinski definition) is 1. The zero-order chi connectivity index (χ0) is 44.1. The van der Waals surface area contributed by atoms with Crippen LogP contribution < -0.4 is 5.76 Å². The SMILES string of the molecule is CS(=O)(=O)N1CC2CC(Cc3nonc3-c3noc(=O)n3-c3ccc(F)c(Br)c3)CC2C1.CS(=O)(=O)N1CC2CC(Cc3nonc3C(Cc3ccc(F)c(Br)c3)=NO)CC2C1. The summed E-state index contributed by atoms with van der Waals surface area (Å²) in [5.74, 6) is 0.508. The average molecular weight is 1030 g/mol. The molecule has 0 spiro atoms. The Morgan fingerprint density at radius 3 is 1.81 bits per heavy atom. The van der Waals surface area contributed by atoms with Gasteiger partial charge in [0.1, 0.15) is 28.7 Å². The molecule has 4 atom stereocenters. The van der Waals surface area contributed by atoms with Gasteiger partial charge in [-0.3, -0.25) is 4.52 Å². The maximum Gasteiger partial charge on any atom is 0.446 e. The number of benzene rings is 2. The molecule has 5 heterocycles. The number of oxime groups is 1. The van der Waals surface area contributed by atoms with E-state index in [2.05, 4.69) is 62.8 Å². The monoisotopic (exact) mass is 1030 g/mol. The Kier molecular flexibility index (Phi) is 12.7. The van der Waals surface area contributed by atoms with Crippen molar-refractivity contribution in [3.8, 4) is 17.2 Å². The molecule has 9 rings (SSSR count). The Morgan fingerprint density at radius 2 is 1.27 bits per heavy atom. The summed E-state index contributed by atoms with van der Waals surface area (Å²) in [6.45, 7) is 2.25. The molecule has 4 unspecified atom stereocenters. The van der Waals surface area contributed by atoms with Crippen LogP contribution in [0.4, 0.5) is 8.78 Å². The Labute approximate surface area is 371 Å². The van der Waals surface area contributed by atoms with Crippen LogP contribution in [-0.2, 0) is 39.3 Å². The quantitative estimate of drug-likeness (QED) is 0.103. The van der Waals surface area contributed by atoms with Gasteiger partial charge in [-0.05, 0) is 152 Å². The molecule has 2 aromatic carbocycles. The normalized spacial score (nSPS) is 24.3. The molecule has 2 saturated carbocycles. The largest absolute Gasteiger partial charge is 0.446 e. The van der Waals surface area contributed by atoms with E-state index in [0.29, 0.717) is 102 Å². The maximum atomic E-state index is 13.6. The van der Waals surface area contributed by atoms with Crippen molar-refractivity contribution in [2.75, 3.05) is 38.7 Å². The van der Waals surface area contributed by atoms with E-state index in [-0.39, 0.29) is 34.1 Å². The van der Waals surface area contributed by atoms with Crippen LogP contribution in [0.5, 0.6) is 0 Å². The Bertz CT molecular complexity index is 2750. The lowest BCUT2D eigenvalue weighted by Crippen LogP contribution is -2.28. The number of halogens is 4. The second-order valence-corrected chi connectivity index (χ2v) is 22.3. The highest BCUT2D eigenvalue weighted by Gasteiger charge is 2.45. The van der Waals surface area contributed by atoms with Crippen LogP contribution in [0, 0.1) is 47.1 Å². The van der Waals surface area contributed by atoms with Crippen LogP contribution in [0.1, 0.15) is 48.3 Å². The van der Waals surface area contributed by atoms with Crippen molar-refractivity contribution in [1.82, 2.24) is 39.0 Å². The van der Waals surface area contributed by atoms with Gasteiger partial charge in [0, 0.05) is 32.6 Å². The first-order valence-electron chi connectivity index (χ1n) is 19.7. The van der Waals surface area contributed by atoms with Crippen LogP contribution in [-0.4, -0.2) is 105 Å². The molecule has 62 heavy (non-hydrogen) atoms. The van der Waals surface area contributed by atoms with Crippen molar-refractivity contribution >= 4 is 57.6 Å². The minimum absolute atomic E-state index is 0.117. The average Bonchev–Trinajstić information content (AvgIpc) is 4.06. The van der Waals surface area contributed by atoms with Crippen LogP contribution in [0.2, 0.25) is 0 Å². The lowest BCUT2D eigenvalue weighted by atomic mass is 9.96. The van der Waals surface area contributed by atoms with Crippen LogP contribution in [0.3, 0.4) is 0 Å². The van der Waals surface area contributed by atoms with Gasteiger partial charge in [0.25, 0.3) is 0 Å². The number of sulfonamides is 2. The van der Waals surface area contributed by atoms with Gasteiger partial charge < -0.3 is 5.21 Å². The lowest BCUT2D eigenvalue weighted by Gasteiger charge is -2.16. The van der Waals surface area contributed by atoms with Crippen molar-refractivity contribution in [2.24, 2.45) is 40.7 Å². The summed E-state index contributed by atoms with van der Waals surface area (Å²) in [6, 6.07) is 8.68. The maximum absolute atomic E-state index is 13.6. The van der Waals surface area contributed by atoms with E-state index in [4.69, 9.17) is 13.8 Å². The molecule has 5 aromatic rings. The van der Waals surface area contributed by atoms with Gasteiger partial charge in [-0.1, -0.05) is 26.7 Å². The molecule has 2 aliphatic carbocycles. The standard InChI is InChI=1S/C19H19BrFN5O5S.C19H22BrFN4O4S/c1-32(28,29)25-8-11-4-10(5-12(11)9-25)6-16-17(23-31-22-16)18-24-30-19(27)26(18)13-2-3-15(21)14(20)7-13;1-30(27,28)25-9-13-4-12(5-14(13)10-25)8-18-19(24-29-23-18)17(22-26)7-11-2-3-16(21)15(20)6-11/h2-3,7,10-12H,4-6,8-9H2,1H3;2-3,6,12-14,26H,4-5,7-10H2,1H3. The van der Waals surface area contributed by atoms with Gasteiger partial charge in [-0.15, -0.1) is 0 Å². The molecule has 0 bridgehead atoms. The number of nitrogens with zero attached hydrogens (tertiary/aromatic N) is 9. The highest BCUT2D eigenvalue weighted by atomic mass is 79.9. The molecule has 4 aliphatic rings. The van der Waals surface area contributed by atoms with Crippen molar-refractivity contribution in [1.29, 1.82) is 0 Å². The van der Waals surface area contributed by atoms with Crippen molar-refractivity contribution in [3.63, 3.8) is 0 Å². The summed E-state index contributed by atoms with van der Waals surface area (Å²) >= 11 is 6.27. The Balaban J connectivity index is 0.000000171. The molecular weight excluding hydrogens is 988 g/mol. The van der Waals surface area contributed by atoms with E-state index in [1.54, 1.807) is 20.7 Å². The van der Waals surface area contributed by atoms with Gasteiger partial charge in [0.15, 0.2) is 11.4 Å². The number of aromatic nitrogens is 6. The van der Waals surface area contributed by atoms with E-state index in [1.807, 2.05) is 0 Å². The molecule has 332 valence electrons. The third kappa shape index (κ3) is 9.49. The van der Waals surface area contributed by atoms with E-state index in [9.17, 15) is 35.6 Å². The fourth-order valence-corrected chi connectivity index (χ4v) is 12.2. The zero-order valence-corrected chi connectivity index (χ0v) is 38.1. The number of hydrogen-bond acceptors (Lipinski definition) is 15. The fraction of sp³-hybridized carbons (Fsp3) is 0.500. The van der Waals surface area contributed by atoms with Crippen LogP contribution in [0.25, 0.3) is 17.2 Å². The van der Waals surface area contributed by atoms with Crippen molar-refractivity contribution in [2.45, 2.75) is 44.9 Å². The van der Waals surface area contributed by atoms with Crippen molar-refractivity contribution < 1.29 is 44.6 Å². The molecule has 18 nitrogen and oxygen atoms in total. The van der Waals surface area contributed by atoms with E-state index in [0.717, 1.165) is 31.2 Å². The third-order valence-corrected chi connectivity index (χ3v) is 16.1. The molecule has 1 N–H and O–H groups in total. The van der Waals surface area contributed by atoms with Gasteiger partial charge in [-0.25, -0.2) is 52.8 Å². The van der Waals surface area contributed by atoms with E-state index >= 15 is 0 Å². The molecule has 2 aliphatic heterocycles. The molecule has 0 radical (unpaired) electrons. The minimum atomic E-state index is -3.17. The Morgan fingerprint density at radius 1 is 0.758 bits per heavy atom. The second kappa shape index (κ2) is 17.7. The van der Waals surface area contributed by atoms with Gasteiger partial charge in [0.2, 0.25) is 25.9 Å². The zero-order valence-electron chi connectivity index (χ0n) is 33.3. The van der Waals surface area contributed by atoms with Gasteiger partial charge in [-0.2, -0.15) is 0 Å². The summed E-state index contributed by atoms with van der Waals surface area (Å²) in [4.78, 5) is 12.3. The first-order valence-corrected chi connectivity index (χ1v) is 25.0. The lowest BCUT2D eigenvalue weighted by molar-refractivity contribution is 0.298. The fourth-order valence-electron chi connectivity index (χ4n) is 9.52. The summed E-state index contributed by atoms with van der Waals surface area (Å²) in [5, 5.41) is 32.7. The number of rotatable bonds is 11. The second-order valence-electron chi connectivity index (χ2n) is 16.6. The predicted molar refractivity (Wildman–Crippen MR) is 223 cm³/mol. The van der Waals surface area contributed by atoms with Crippen molar-refractivity contribution in [3.05, 3.63) is 90.2 Å². The van der Waals surface area contributed by atoms with Gasteiger partial charge >= 0.3 is 5.76 Å².